The van der Waals surface area contributed by atoms with E-state index in [0.29, 0.717) is 0 Å². The van der Waals surface area contributed by atoms with Gasteiger partial charge in [0.1, 0.15) is 5.60 Å². The summed E-state index contributed by atoms with van der Waals surface area (Å²) in [5.41, 5.74) is -0.0475. The fourth-order valence-electron chi connectivity index (χ4n) is 1.32. The summed E-state index contributed by atoms with van der Waals surface area (Å²) in [6.45, 7) is 5.68. The molecule has 1 atom stereocenters. The van der Waals surface area contributed by atoms with Crippen molar-refractivity contribution in [3.8, 4) is 0 Å². The fraction of sp³-hybridized carbons (Fsp3) is 1.00. The monoisotopic (exact) mass is 222 g/mol. The average molecular weight is 223 g/mol. The molecule has 0 saturated carbocycles. The lowest BCUT2D eigenvalue weighted by molar-refractivity contribution is -0.0653. The van der Waals surface area contributed by atoms with Crippen LogP contribution in [-0.4, -0.2) is 30.2 Å². The van der Waals surface area contributed by atoms with Crippen molar-refractivity contribution in [2.75, 3.05) is 18.5 Å². The van der Waals surface area contributed by atoms with E-state index in [1.165, 1.54) is 0 Å². The Kier molecular flexibility index (Phi) is 3.34. The highest BCUT2D eigenvalue weighted by molar-refractivity contribution is 9.09. The van der Waals surface area contributed by atoms with Gasteiger partial charge in [-0.05, 0) is 13.8 Å². The molecule has 0 aromatic heterocycles. The second-order valence-electron chi connectivity index (χ2n) is 3.29. The smallest absolute Gasteiger partial charge is 0.104 e. The third kappa shape index (κ3) is 2.42. The molecule has 0 bridgehead atoms. The minimum absolute atomic E-state index is 0.0475. The third-order valence-corrected chi connectivity index (χ3v) is 2.82. The highest BCUT2D eigenvalue weighted by Gasteiger charge is 2.35. The van der Waals surface area contributed by atoms with Gasteiger partial charge in [0, 0.05) is 18.4 Å². The Bertz CT molecular complexity index is 119. The number of hydrogen-bond acceptors (Lipinski definition) is 2. The number of halogens is 1. The van der Waals surface area contributed by atoms with Crippen LogP contribution in [0.3, 0.4) is 0 Å². The molecule has 2 nitrogen and oxygen atoms in total. The van der Waals surface area contributed by atoms with Gasteiger partial charge in [-0.2, -0.15) is 0 Å². The summed E-state index contributed by atoms with van der Waals surface area (Å²) in [6, 6.07) is 0. The van der Waals surface area contributed by atoms with E-state index in [1.807, 2.05) is 0 Å². The van der Waals surface area contributed by atoms with Crippen molar-refractivity contribution < 1.29 is 9.47 Å². The van der Waals surface area contributed by atoms with Crippen LogP contribution in [0.5, 0.6) is 0 Å². The van der Waals surface area contributed by atoms with Gasteiger partial charge < -0.3 is 9.47 Å². The molecule has 1 saturated heterocycles. The van der Waals surface area contributed by atoms with Gasteiger partial charge in [0.15, 0.2) is 0 Å². The van der Waals surface area contributed by atoms with Gasteiger partial charge in [-0.3, -0.25) is 0 Å². The Labute approximate surface area is 76.4 Å². The molecule has 0 spiro atoms. The summed E-state index contributed by atoms with van der Waals surface area (Å²) < 4.78 is 11.1. The van der Waals surface area contributed by atoms with E-state index >= 15 is 0 Å². The van der Waals surface area contributed by atoms with Gasteiger partial charge in [0.05, 0.1) is 12.7 Å². The number of hydrogen-bond donors (Lipinski definition) is 0. The lowest BCUT2D eigenvalue weighted by atomic mass is 10.1. The van der Waals surface area contributed by atoms with Gasteiger partial charge in [0.25, 0.3) is 0 Å². The van der Waals surface area contributed by atoms with Crippen LogP contribution in [0.4, 0.5) is 0 Å². The molecular weight excluding hydrogens is 208 g/mol. The second kappa shape index (κ2) is 3.87. The molecule has 1 aliphatic heterocycles. The summed E-state index contributed by atoms with van der Waals surface area (Å²) in [6.07, 6.45) is 1.30. The number of rotatable bonds is 3. The molecule has 1 fully saturated rings. The predicted molar refractivity (Wildman–Crippen MR) is 48.2 cm³/mol. The van der Waals surface area contributed by atoms with Crippen molar-refractivity contribution in [2.45, 2.75) is 32.0 Å². The van der Waals surface area contributed by atoms with E-state index in [1.54, 1.807) is 0 Å². The molecule has 66 valence electrons. The van der Waals surface area contributed by atoms with Gasteiger partial charge in [-0.1, -0.05) is 15.9 Å². The normalized spacial score (nSPS) is 31.6. The molecule has 11 heavy (non-hydrogen) atoms. The van der Waals surface area contributed by atoms with E-state index in [-0.39, 0.29) is 11.7 Å². The molecule has 0 aliphatic carbocycles. The van der Waals surface area contributed by atoms with Crippen LogP contribution in [0.15, 0.2) is 0 Å². The molecule has 0 aromatic carbocycles. The Morgan fingerprint density at radius 3 is 2.73 bits per heavy atom. The van der Waals surface area contributed by atoms with Crippen LogP contribution in [0.2, 0.25) is 0 Å². The van der Waals surface area contributed by atoms with Gasteiger partial charge in [-0.15, -0.1) is 0 Å². The van der Waals surface area contributed by atoms with E-state index in [4.69, 9.17) is 9.47 Å². The van der Waals surface area contributed by atoms with Crippen molar-refractivity contribution in [2.24, 2.45) is 0 Å². The first-order valence-electron chi connectivity index (χ1n) is 4.00. The zero-order valence-corrected chi connectivity index (χ0v) is 8.69. The first-order valence-corrected chi connectivity index (χ1v) is 5.12. The lowest BCUT2D eigenvalue weighted by Gasteiger charge is -2.27. The minimum atomic E-state index is -0.0475. The first kappa shape index (κ1) is 9.49. The third-order valence-electron chi connectivity index (χ3n) is 1.80. The Hall–Kier alpha value is 0.400. The highest BCUT2D eigenvalue weighted by Crippen LogP contribution is 2.26. The minimum Gasteiger partial charge on any atom is -0.378 e. The maximum atomic E-state index is 5.78. The quantitative estimate of drug-likeness (QED) is 0.681. The topological polar surface area (TPSA) is 18.5 Å². The second-order valence-corrected chi connectivity index (χ2v) is 3.85. The van der Waals surface area contributed by atoms with E-state index in [0.717, 1.165) is 25.0 Å². The van der Waals surface area contributed by atoms with Gasteiger partial charge >= 0.3 is 0 Å². The SMILES string of the molecule is CC(C)O[C@]1(CBr)CCOC1. The van der Waals surface area contributed by atoms with Crippen molar-refractivity contribution in [1.29, 1.82) is 0 Å². The zero-order chi connectivity index (χ0) is 8.32. The number of ether oxygens (including phenoxy) is 2. The summed E-state index contributed by atoms with van der Waals surface area (Å²) in [5, 5.41) is 0.873. The molecule has 0 aromatic rings. The standard InChI is InChI=1S/C8H15BrO2/c1-7(2)11-8(5-9)3-4-10-6-8/h7H,3-6H2,1-2H3/t8-/m0/s1. The van der Waals surface area contributed by atoms with E-state index < -0.39 is 0 Å². The molecule has 1 rings (SSSR count). The predicted octanol–water partition coefficient (Wildman–Crippen LogP) is 1.97. The van der Waals surface area contributed by atoms with Crippen LogP contribution in [-0.2, 0) is 9.47 Å². The van der Waals surface area contributed by atoms with Crippen molar-refractivity contribution in [3.05, 3.63) is 0 Å². The van der Waals surface area contributed by atoms with Gasteiger partial charge in [0.2, 0.25) is 0 Å². The van der Waals surface area contributed by atoms with Crippen molar-refractivity contribution in [3.63, 3.8) is 0 Å². The van der Waals surface area contributed by atoms with Crippen LogP contribution >= 0.6 is 15.9 Å². The molecule has 0 N–H and O–H groups in total. The lowest BCUT2D eigenvalue weighted by Crippen LogP contribution is -2.37. The Morgan fingerprint density at radius 1 is 1.64 bits per heavy atom. The van der Waals surface area contributed by atoms with Gasteiger partial charge in [-0.25, -0.2) is 0 Å². The molecule has 0 amide bonds. The highest BCUT2D eigenvalue weighted by atomic mass is 79.9. The van der Waals surface area contributed by atoms with Crippen molar-refractivity contribution >= 4 is 15.9 Å². The zero-order valence-electron chi connectivity index (χ0n) is 7.10. The summed E-state index contributed by atoms with van der Waals surface area (Å²) in [5.74, 6) is 0. The Balaban J connectivity index is 2.45. The summed E-state index contributed by atoms with van der Waals surface area (Å²) in [7, 11) is 0. The average Bonchev–Trinajstić information content (AvgIpc) is 2.36. The maximum Gasteiger partial charge on any atom is 0.104 e. The fourth-order valence-corrected chi connectivity index (χ4v) is 1.89. The van der Waals surface area contributed by atoms with Crippen LogP contribution in [0.1, 0.15) is 20.3 Å². The Morgan fingerprint density at radius 2 is 2.36 bits per heavy atom. The van der Waals surface area contributed by atoms with Crippen LogP contribution in [0.25, 0.3) is 0 Å². The molecule has 1 aliphatic rings. The van der Waals surface area contributed by atoms with Crippen LogP contribution < -0.4 is 0 Å². The molecule has 3 heteroatoms. The molecule has 1 heterocycles. The van der Waals surface area contributed by atoms with Crippen LogP contribution in [0, 0.1) is 0 Å². The molecule has 0 radical (unpaired) electrons. The summed E-state index contributed by atoms with van der Waals surface area (Å²) >= 11 is 3.46. The maximum absolute atomic E-state index is 5.78. The van der Waals surface area contributed by atoms with Crippen molar-refractivity contribution in [1.82, 2.24) is 0 Å². The molecule has 0 unspecified atom stereocenters. The first-order chi connectivity index (χ1) is 5.18. The van der Waals surface area contributed by atoms with E-state index in [9.17, 15) is 0 Å². The van der Waals surface area contributed by atoms with E-state index in [2.05, 4.69) is 29.8 Å². The molecular formula is C8H15BrO2. The summed E-state index contributed by atoms with van der Waals surface area (Å²) in [4.78, 5) is 0. The largest absolute Gasteiger partial charge is 0.378 e. The number of alkyl halides is 1.